The number of benzene rings is 1. The maximum atomic E-state index is 11.2. The van der Waals surface area contributed by atoms with Crippen LogP contribution < -0.4 is 10.5 Å². The Morgan fingerprint density at radius 1 is 1.38 bits per heavy atom. The number of rotatable bonds is 6. The Balaban J connectivity index is 2.66. The molecule has 2 aromatic rings. The van der Waals surface area contributed by atoms with Gasteiger partial charge in [-0.1, -0.05) is 6.07 Å². The second-order valence-electron chi connectivity index (χ2n) is 4.23. The van der Waals surface area contributed by atoms with E-state index >= 15 is 0 Å². The lowest BCUT2D eigenvalue weighted by molar-refractivity contribution is -0.385. The molecule has 0 fully saturated rings. The van der Waals surface area contributed by atoms with E-state index in [2.05, 4.69) is 10.2 Å². The number of hydrogen-bond acceptors (Lipinski definition) is 6. The molecular formula is C13H17N5O3. The molecule has 0 aliphatic rings. The van der Waals surface area contributed by atoms with Gasteiger partial charge in [-0.3, -0.25) is 10.1 Å². The molecule has 1 heterocycles. The van der Waals surface area contributed by atoms with Crippen LogP contribution in [0.25, 0.3) is 11.4 Å². The molecule has 0 radical (unpaired) electrons. The average Bonchev–Trinajstić information content (AvgIpc) is 2.90. The van der Waals surface area contributed by atoms with Gasteiger partial charge in [0.05, 0.1) is 23.6 Å². The summed E-state index contributed by atoms with van der Waals surface area (Å²) in [7, 11) is 0. The fraction of sp³-hybridized carbons (Fsp3) is 0.385. The van der Waals surface area contributed by atoms with Crippen molar-refractivity contribution in [1.82, 2.24) is 14.8 Å². The van der Waals surface area contributed by atoms with Crippen LogP contribution in [0, 0.1) is 10.1 Å². The third-order valence-corrected chi connectivity index (χ3v) is 3.05. The largest absolute Gasteiger partial charge is 0.487 e. The zero-order chi connectivity index (χ0) is 15.4. The summed E-state index contributed by atoms with van der Waals surface area (Å²) in [6.07, 6.45) is 0. The topological polar surface area (TPSA) is 109 Å². The maximum absolute atomic E-state index is 11.2. The van der Waals surface area contributed by atoms with Crippen molar-refractivity contribution in [2.45, 2.75) is 26.9 Å². The molecular weight excluding hydrogens is 274 g/mol. The van der Waals surface area contributed by atoms with Crippen molar-refractivity contribution in [2.24, 2.45) is 5.73 Å². The number of hydrogen-bond donors (Lipinski definition) is 1. The number of nitro benzene ring substituents is 1. The minimum Gasteiger partial charge on any atom is -0.487 e. The van der Waals surface area contributed by atoms with Gasteiger partial charge in [0.1, 0.15) is 5.82 Å². The van der Waals surface area contributed by atoms with E-state index in [1.54, 1.807) is 19.1 Å². The van der Waals surface area contributed by atoms with Gasteiger partial charge in [-0.15, -0.1) is 10.2 Å². The second kappa shape index (κ2) is 6.31. The average molecular weight is 291 g/mol. The summed E-state index contributed by atoms with van der Waals surface area (Å²) < 4.78 is 7.29. The lowest BCUT2D eigenvalue weighted by Crippen LogP contribution is -2.09. The number of para-hydroxylation sites is 1. The Labute approximate surface area is 121 Å². The minimum absolute atomic E-state index is 0.0886. The van der Waals surface area contributed by atoms with Crippen molar-refractivity contribution in [3.05, 3.63) is 34.1 Å². The first-order chi connectivity index (χ1) is 10.1. The monoisotopic (exact) mass is 291 g/mol. The van der Waals surface area contributed by atoms with Gasteiger partial charge in [0, 0.05) is 12.6 Å². The van der Waals surface area contributed by atoms with Crippen LogP contribution >= 0.6 is 0 Å². The predicted octanol–water partition coefficient (Wildman–Crippen LogP) is 1.73. The van der Waals surface area contributed by atoms with E-state index in [0.29, 0.717) is 30.4 Å². The zero-order valence-electron chi connectivity index (χ0n) is 11.9. The summed E-state index contributed by atoms with van der Waals surface area (Å²) in [5, 5.41) is 19.3. The van der Waals surface area contributed by atoms with E-state index in [9.17, 15) is 10.1 Å². The Bertz CT molecular complexity index is 653. The molecule has 1 aromatic heterocycles. The summed E-state index contributed by atoms with van der Waals surface area (Å²) in [5.74, 6) is 1.35. The van der Waals surface area contributed by atoms with Crippen molar-refractivity contribution in [1.29, 1.82) is 0 Å². The predicted molar refractivity (Wildman–Crippen MR) is 76.8 cm³/mol. The summed E-state index contributed by atoms with van der Waals surface area (Å²) >= 11 is 0. The van der Waals surface area contributed by atoms with Gasteiger partial charge in [-0.05, 0) is 19.9 Å². The van der Waals surface area contributed by atoms with Crippen LogP contribution in [0.1, 0.15) is 19.7 Å². The molecule has 0 bridgehead atoms. The van der Waals surface area contributed by atoms with Gasteiger partial charge < -0.3 is 15.0 Å². The fourth-order valence-electron chi connectivity index (χ4n) is 2.16. The highest BCUT2D eigenvalue weighted by Gasteiger charge is 2.23. The fourth-order valence-corrected chi connectivity index (χ4v) is 2.16. The van der Waals surface area contributed by atoms with Gasteiger partial charge in [0.2, 0.25) is 5.75 Å². The van der Waals surface area contributed by atoms with E-state index in [0.717, 1.165) is 0 Å². The van der Waals surface area contributed by atoms with Crippen LogP contribution in [0.3, 0.4) is 0 Å². The smallest absolute Gasteiger partial charge is 0.311 e. The molecule has 0 unspecified atom stereocenters. The van der Waals surface area contributed by atoms with Crippen molar-refractivity contribution >= 4 is 5.69 Å². The molecule has 0 aliphatic carbocycles. The normalized spacial score (nSPS) is 10.6. The van der Waals surface area contributed by atoms with Crippen LogP contribution in [0.2, 0.25) is 0 Å². The van der Waals surface area contributed by atoms with E-state index in [1.807, 2.05) is 11.5 Å². The van der Waals surface area contributed by atoms with Gasteiger partial charge in [0.15, 0.2) is 5.82 Å². The molecule has 21 heavy (non-hydrogen) atoms. The molecule has 0 spiro atoms. The Morgan fingerprint density at radius 3 is 2.71 bits per heavy atom. The first kappa shape index (κ1) is 14.9. The molecule has 0 amide bonds. The van der Waals surface area contributed by atoms with Crippen LogP contribution in [-0.2, 0) is 13.1 Å². The number of nitrogens with zero attached hydrogens (tertiary/aromatic N) is 4. The molecule has 2 rings (SSSR count). The lowest BCUT2D eigenvalue weighted by Gasteiger charge is -2.11. The summed E-state index contributed by atoms with van der Waals surface area (Å²) in [5.41, 5.74) is 6.08. The summed E-state index contributed by atoms with van der Waals surface area (Å²) in [4.78, 5) is 10.7. The quantitative estimate of drug-likeness (QED) is 0.641. The summed E-state index contributed by atoms with van der Waals surface area (Å²) in [6, 6.07) is 4.74. The van der Waals surface area contributed by atoms with Crippen molar-refractivity contribution < 1.29 is 9.66 Å². The van der Waals surface area contributed by atoms with Gasteiger partial charge in [-0.25, -0.2) is 0 Å². The highest BCUT2D eigenvalue weighted by molar-refractivity contribution is 5.71. The van der Waals surface area contributed by atoms with Crippen LogP contribution in [0.15, 0.2) is 18.2 Å². The van der Waals surface area contributed by atoms with Crippen molar-refractivity contribution in [3.63, 3.8) is 0 Å². The van der Waals surface area contributed by atoms with Crippen molar-refractivity contribution in [3.8, 4) is 17.1 Å². The number of ether oxygens (including phenoxy) is 1. The molecule has 2 N–H and O–H groups in total. The number of nitrogens with two attached hydrogens (primary N) is 1. The zero-order valence-corrected chi connectivity index (χ0v) is 11.9. The summed E-state index contributed by atoms with van der Waals surface area (Å²) in [6.45, 7) is 4.89. The minimum atomic E-state index is -0.467. The first-order valence-corrected chi connectivity index (χ1v) is 6.66. The molecule has 112 valence electrons. The molecule has 0 saturated carbocycles. The first-order valence-electron chi connectivity index (χ1n) is 6.66. The van der Waals surface area contributed by atoms with E-state index in [1.165, 1.54) is 6.07 Å². The van der Waals surface area contributed by atoms with E-state index in [-0.39, 0.29) is 18.0 Å². The number of nitro groups is 1. The molecule has 1 aromatic carbocycles. The highest BCUT2D eigenvalue weighted by atomic mass is 16.6. The van der Waals surface area contributed by atoms with Crippen LogP contribution in [0.4, 0.5) is 5.69 Å². The van der Waals surface area contributed by atoms with Crippen molar-refractivity contribution in [2.75, 3.05) is 6.61 Å². The van der Waals surface area contributed by atoms with E-state index in [4.69, 9.17) is 10.5 Å². The van der Waals surface area contributed by atoms with E-state index < -0.39 is 4.92 Å². The molecule has 0 saturated heterocycles. The van der Waals surface area contributed by atoms with Crippen LogP contribution in [-0.4, -0.2) is 26.3 Å². The third-order valence-electron chi connectivity index (χ3n) is 3.05. The molecule has 0 atom stereocenters. The standard InChI is InChI=1S/C13H17N5O3/c1-3-17-11(8-14)15-16-13(17)9-6-5-7-10(18(19)20)12(9)21-4-2/h5-7H,3-4,8,14H2,1-2H3. The van der Waals surface area contributed by atoms with Gasteiger partial charge >= 0.3 is 5.69 Å². The lowest BCUT2D eigenvalue weighted by atomic mass is 10.1. The van der Waals surface area contributed by atoms with Gasteiger partial charge in [0.25, 0.3) is 0 Å². The Kier molecular flexibility index (Phi) is 4.49. The highest BCUT2D eigenvalue weighted by Crippen LogP contribution is 2.37. The van der Waals surface area contributed by atoms with Crippen LogP contribution in [0.5, 0.6) is 5.75 Å². The molecule has 8 nitrogen and oxygen atoms in total. The number of aromatic nitrogens is 3. The Morgan fingerprint density at radius 2 is 2.14 bits per heavy atom. The SMILES string of the molecule is CCOc1c(-c2nnc(CN)n2CC)cccc1[N+](=O)[O-]. The third kappa shape index (κ3) is 2.70. The maximum Gasteiger partial charge on any atom is 0.311 e. The molecule has 8 heteroatoms. The second-order valence-corrected chi connectivity index (χ2v) is 4.23. The molecule has 0 aliphatic heterocycles. The van der Waals surface area contributed by atoms with Gasteiger partial charge in [-0.2, -0.15) is 0 Å². The Hall–Kier alpha value is -2.48.